The van der Waals surface area contributed by atoms with Gasteiger partial charge in [-0.05, 0) is 48.1 Å². The third-order valence-corrected chi connectivity index (χ3v) is 9.03. The van der Waals surface area contributed by atoms with Crippen LogP contribution in [0.4, 0.5) is 5.69 Å². The van der Waals surface area contributed by atoms with Gasteiger partial charge in [0.15, 0.2) is 11.5 Å². The van der Waals surface area contributed by atoms with E-state index in [0.717, 1.165) is 47.9 Å². The van der Waals surface area contributed by atoms with Gasteiger partial charge < -0.3 is 9.47 Å². The summed E-state index contributed by atoms with van der Waals surface area (Å²) in [5.41, 5.74) is 3.01. The van der Waals surface area contributed by atoms with Gasteiger partial charge in [0.05, 0.1) is 5.69 Å². The van der Waals surface area contributed by atoms with Crippen molar-refractivity contribution in [3.63, 3.8) is 0 Å². The third kappa shape index (κ3) is 2.98. The zero-order valence-corrected chi connectivity index (χ0v) is 18.3. The zero-order chi connectivity index (χ0) is 20.9. The molecule has 0 bridgehead atoms. The number of anilines is 1. The van der Waals surface area contributed by atoms with E-state index >= 15 is 0 Å². The Morgan fingerprint density at radius 2 is 1.77 bits per heavy atom. The molecule has 160 valence electrons. The smallest absolute Gasteiger partial charge is 0.245 e. The van der Waals surface area contributed by atoms with Crippen LogP contribution in [-0.4, -0.2) is 39.7 Å². The van der Waals surface area contributed by atoms with Crippen molar-refractivity contribution in [1.29, 1.82) is 0 Å². The zero-order valence-electron chi connectivity index (χ0n) is 17.5. The van der Waals surface area contributed by atoms with E-state index in [2.05, 4.69) is 24.8 Å². The van der Waals surface area contributed by atoms with Crippen LogP contribution in [0.2, 0.25) is 0 Å². The van der Waals surface area contributed by atoms with Crippen molar-refractivity contribution in [2.24, 2.45) is 5.92 Å². The van der Waals surface area contributed by atoms with Gasteiger partial charge in [0.1, 0.15) is 4.75 Å². The molecule has 0 saturated carbocycles. The number of benzene rings is 2. The molecule has 3 aliphatic heterocycles. The van der Waals surface area contributed by atoms with E-state index in [-0.39, 0.29) is 12.7 Å². The minimum absolute atomic E-state index is 0.272. The van der Waals surface area contributed by atoms with E-state index in [4.69, 9.17) is 9.47 Å². The van der Waals surface area contributed by atoms with Crippen LogP contribution >= 0.6 is 0 Å². The molecule has 0 N–H and O–H groups in total. The molecule has 0 amide bonds. The SMILES string of the molecule is CC(C)CN1c2ccccc2C2(CCN(Cc3ccc4c(c3)OCO4)CC2)S1(=O)=O. The first-order valence-corrected chi connectivity index (χ1v) is 12.1. The minimum atomic E-state index is -3.44. The van der Waals surface area contributed by atoms with Gasteiger partial charge in [-0.15, -0.1) is 0 Å². The summed E-state index contributed by atoms with van der Waals surface area (Å²) in [4.78, 5) is 2.34. The first kappa shape index (κ1) is 19.7. The molecule has 3 aliphatic rings. The van der Waals surface area contributed by atoms with Gasteiger partial charge in [0, 0.05) is 26.2 Å². The predicted octanol–water partition coefficient (Wildman–Crippen LogP) is 3.71. The molecule has 1 fully saturated rings. The third-order valence-electron chi connectivity index (χ3n) is 6.49. The van der Waals surface area contributed by atoms with E-state index in [1.165, 1.54) is 0 Å². The summed E-state index contributed by atoms with van der Waals surface area (Å²) in [6.45, 7) is 7.21. The maximum atomic E-state index is 13.7. The molecule has 2 aromatic carbocycles. The molecule has 5 rings (SSSR count). The number of piperidine rings is 1. The topological polar surface area (TPSA) is 59.1 Å². The fraction of sp³-hybridized carbons (Fsp3) is 0.478. The molecular weight excluding hydrogens is 400 g/mol. The lowest BCUT2D eigenvalue weighted by Crippen LogP contribution is -2.48. The molecule has 0 aliphatic carbocycles. The van der Waals surface area contributed by atoms with Gasteiger partial charge in [-0.1, -0.05) is 38.1 Å². The average molecular weight is 429 g/mol. The van der Waals surface area contributed by atoms with Crippen molar-refractivity contribution in [2.45, 2.75) is 38.0 Å². The molecule has 7 heteroatoms. The van der Waals surface area contributed by atoms with Crippen LogP contribution in [0.1, 0.15) is 37.8 Å². The molecule has 0 radical (unpaired) electrons. The maximum absolute atomic E-state index is 13.7. The van der Waals surface area contributed by atoms with E-state index < -0.39 is 14.8 Å². The Morgan fingerprint density at radius 3 is 2.53 bits per heavy atom. The first-order chi connectivity index (χ1) is 14.4. The highest BCUT2D eigenvalue weighted by molar-refractivity contribution is 7.94. The number of hydrogen-bond acceptors (Lipinski definition) is 5. The summed E-state index contributed by atoms with van der Waals surface area (Å²) in [6.07, 6.45) is 1.23. The standard InChI is InChI=1S/C23H28N2O4S/c1-17(2)14-25-20-6-4-3-5-19(20)23(30(25,26)27)9-11-24(12-10-23)15-18-7-8-21-22(13-18)29-16-28-21/h3-8,13,17H,9-12,14-16H2,1-2H3. The summed E-state index contributed by atoms with van der Waals surface area (Å²) in [7, 11) is -3.44. The largest absolute Gasteiger partial charge is 0.454 e. The second-order valence-corrected chi connectivity index (χ2v) is 11.1. The lowest BCUT2D eigenvalue weighted by atomic mass is 9.87. The van der Waals surface area contributed by atoms with Crippen LogP contribution in [0, 0.1) is 5.92 Å². The molecule has 1 saturated heterocycles. The highest BCUT2D eigenvalue weighted by Crippen LogP contribution is 2.52. The van der Waals surface area contributed by atoms with Gasteiger partial charge in [0.25, 0.3) is 0 Å². The minimum Gasteiger partial charge on any atom is -0.454 e. The lowest BCUT2D eigenvalue weighted by Gasteiger charge is -2.39. The van der Waals surface area contributed by atoms with E-state index in [1.807, 2.05) is 36.4 Å². The number of ether oxygens (including phenoxy) is 2. The molecule has 3 heterocycles. The van der Waals surface area contributed by atoms with E-state index in [9.17, 15) is 8.42 Å². The second-order valence-electron chi connectivity index (χ2n) is 8.91. The summed E-state index contributed by atoms with van der Waals surface area (Å²) >= 11 is 0. The molecule has 30 heavy (non-hydrogen) atoms. The van der Waals surface area contributed by atoms with Crippen molar-refractivity contribution in [1.82, 2.24) is 4.90 Å². The molecule has 6 nitrogen and oxygen atoms in total. The van der Waals surface area contributed by atoms with Crippen molar-refractivity contribution < 1.29 is 17.9 Å². The summed E-state index contributed by atoms with van der Waals surface area (Å²) in [5.74, 6) is 1.85. The summed E-state index contributed by atoms with van der Waals surface area (Å²) in [6, 6.07) is 13.9. The van der Waals surface area contributed by atoms with Crippen LogP contribution in [0.3, 0.4) is 0 Å². The number of likely N-dealkylation sites (tertiary alicyclic amines) is 1. The molecule has 1 spiro atoms. The molecule has 2 aromatic rings. The fourth-order valence-corrected chi connectivity index (χ4v) is 7.46. The number of rotatable bonds is 4. The Labute approximate surface area is 178 Å². The Balaban J connectivity index is 1.38. The quantitative estimate of drug-likeness (QED) is 0.743. The Hall–Kier alpha value is -2.25. The van der Waals surface area contributed by atoms with Crippen molar-refractivity contribution in [3.05, 3.63) is 53.6 Å². The number of sulfonamides is 1. The Kier molecular flexibility index (Phi) is 4.71. The molecular formula is C23H28N2O4S. The van der Waals surface area contributed by atoms with Gasteiger partial charge in [-0.3, -0.25) is 9.21 Å². The van der Waals surface area contributed by atoms with E-state index in [0.29, 0.717) is 19.4 Å². The molecule has 0 aromatic heterocycles. The maximum Gasteiger partial charge on any atom is 0.245 e. The van der Waals surface area contributed by atoms with Crippen molar-refractivity contribution >= 4 is 15.7 Å². The van der Waals surface area contributed by atoms with E-state index in [1.54, 1.807) is 4.31 Å². The van der Waals surface area contributed by atoms with Crippen LogP contribution in [0.5, 0.6) is 11.5 Å². The van der Waals surface area contributed by atoms with Crippen LogP contribution < -0.4 is 13.8 Å². The normalized spacial score (nSPS) is 21.4. The lowest BCUT2D eigenvalue weighted by molar-refractivity contribution is 0.173. The summed E-state index contributed by atoms with van der Waals surface area (Å²) in [5, 5.41) is 0. The predicted molar refractivity (Wildman–Crippen MR) is 116 cm³/mol. The Bertz CT molecular complexity index is 1060. The van der Waals surface area contributed by atoms with Crippen LogP contribution in [0.25, 0.3) is 0 Å². The monoisotopic (exact) mass is 428 g/mol. The van der Waals surface area contributed by atoms with Crippen molar-refractivity contribution in [3.8, 4) is 11.5 Å². The van der Waals surface area contributed by atoms with Crippen LogP contribution in [-0.2, 0) is 21.3 Å². The fourth-order valence-electron chi connectivity index (χ4n) is 4.98. The Morgan fingerprint density at radius 1 is 1.03 bits per heavy atom. The number of para-hydroxylation sites is 1. The molecule has 0 unspecified atom stereocenters. The van der Waals surface area contributed by atoms with Crippen LogP contribution in [0.15, 0.2) is 42.5 Å². The van der Waals surface area contributed by atoms with Gasteiger partial charge in [-0.2, -0.15) is 0 Å². The number of fused-ring (bicyclic) bond motifs is 3. The molecule has 0 atom stereocenters. The average Bonchev–Trinajstić information content (AvgIpc) is 3.26. The van der Waals surface area contributed by atoms with Gasteiger partial charge in [-0.25, -0.2) is 8.42 Å². The van der Waals surface area contributed by atoms with Gasteiger partial charge in [0.2, 0.25) is 16.8 Å². The highest BCUT2D eigenvalue weighted by atomic mass is 32.2. The van der Waals surface area contributed by atoms with Gasteiger partial charge >= 0.3 is 0 Å². The van der Waals surface area contributed by atoms with Crippen molar-refractivity contribution in [2.75, 3.05) is 30.7 Å². The second kappa shape index (κ2) is 7.17. The first-order valence-electron chi connectivity index (χ1n) is 10.6. The number of nitrogens with zero attached hydrogens (tertiary/aromatic N) is 2. The highest BCUT2D eigenvalue weighted by Gasteiger charge is 2.56. The number of hydrogen-bond donors (Lipinski definition) is 0. The summed E-state index contributed by atoms with van der Waals surface area (Å²) < 4.78 is 39.2.